The van der Waals surface area contributed by atoms with Gasteiger partial charge >= 0.3 is 24.3 Å². The van der Waals surface area contributed by atoms with E-state index in [-0.39, 0.29) is 0 Å². The predicted octanol–water partition coefficient (Wildman–Crippen LogP) is 3.64. The number of imidazole rings is 1. The SMILES string of the molecule is O=C(O)C(F)(F)F.O=C(O)C(F)(F)F.c1cc(CN2CCC(N3CCOCC3)CC2)cc(-c2ncc[nH]2)c1. The number of aromatic nitrogens is 2. The number of carboxylic acids is 2. The fourth-order valence-corrected chi connectivity index (χ4v) is 3.88. The highest BCUT2D eigenvalue weighted by atomic mass is 19.4. The molecule has 1 aromatic carbocycles. The predicted molar refractivity (Wildman–Crippen MR) is 122 cm³/mol. The van der Waals surface area contributed by atoms with Crippen molar-refractivity contribution < 1.29 is 50.9 Å². The van der Waals surface area contributed by atoms with Crippen LogP contribution >= 0.6 is 0 Å². The Bertz CT molecular complexity index is 978. The van der Waals surface area contributed by atoms with E-state index in [0.29, 0.717) is 0 Å². The lowest BCUT2D eigenvalue weighted by molar-refractivity contribution is -0.193. The number of hydrogen-bond acceptors (Lipinski definition) is 6. The molecular formula is C23H28F6N4O5. The average molecular weight is 554 g/mol. The number of rotatable bonds is 4. The highest BCUT2D eigenvalue weighted by Gasteiger charge is 2.38. The zero-order valence-electron chi connectivity index (χ0n) is 20.1. The fraction of sp³-hybridized carbons (Fsp3) is 0.522. The van der Waals surface area contributed by atoms with E-state index < -0.39 is 24.3 Å². The van der Waals surface area contributed by atoms with Crippen molar-refractivity contribution in [3.8, 4) is 11.4 Å². The van der Waals surface area contributed by atoms with Crippen LogP contribution in [0.25, 0.3) is 11.4 Å². The van der Waals surface area contributed by atoms with Gasteiger partial charge in [-0.25, -0.2) is 14.6 Å². The molecule has 1 aromatic heterocycles. The topological polar surface area (TPSA) is 119 Å². The number of nitrogens with one attached hydrogen (secondary N) is 1. The van der Waals surface area contributed by atoms with Gasteiger partial charge in [-0.1, -0.05) is 18.2 Å². The summed E-state index contributed by atoms with van der Waals surface area (Å²) in [5, 5.41) is 14.2. The Hall–Kier alpha value is -3.17. The molecule has 0 spiro atoms. The van der Waals surface area contributed by atoms with Gasteiger partial charge in [0.1, 0.15) is 5.82 Å². The molecule has 4 rings (SSSR count). The van der Waals surface area contributed by atoms with Gasteiger partial charge in [0, 0.05) is 43.6 Å². The normalized spacial score (nSPS) is 17.5. The molecule has 2 saturated heterocycles. The van der Waals surface area contributed by atoms with E-state index in [0.717, 1.165) is 44.7 Å². The van der Waals surface area contributed by atoms with Crippen molar-refractivity contribution in [2.75, 3.05) is 39.4 Å². The summed E-state index contributed by atoms with van der Waals surface area (Å²) in [6.07, 6.45) is -3.94. The number of piperidine rings is 1. The summed E-state index contributed by atoms with van der Waals surface area (Å²) in [4.78, 5) is 30.5. The van der Waals surface area contributed by atoms with Crippen LogP contribution < -0.4 is 0 Å². The van der Waals surface area contributed by atoms with Gasteiger partial charge in [-0.2, -0.15) is 26.3 Å². The number of halogens is 6. The summed E-state index contributed by atoms with van der Waals surface area (Å²) in [6, 6.07) is 9.48. The molecule has 0 amide bonds. The Morgan fingerprint density at radius 3 is 2.00 bits per heavy atom. The van der Waals surface area contributed by atoms with Gasteiger partial charge < -0.3 is 19.9 Å². The van der Waals surface area contributed by atoms with E-state index in [1.165, 1.54) is 37.1 Å². The molecule has 38 heavy (non-hydrogen) atoms. The molecule has 9 nitrogen and oxygen atoms in total. The molecular weight excluding hydrogens is 526 g/mol. The summed E-state index contributed by atoms with van der Waals surface area (Å²) < 4.78 is 68.9. The van der Waals surface area contributed by atoms with Crippen LogP contribution in [0.15, 0.2) is 36.7 Å². The van der Waals surface area contributed by atoms with Crippen molar-refractivity contribution in [1.29, 1.82) is 0 Å². The molecule has 212 valence electrons. The molecule has 0 saturated carbocycles. The number of H-pyrrole nitrogens is 1. The van der Waals surface area contributed by atoms with Gasteiger partial charge in [0.2, 0.25) is 0 Å². The number of aliphatic carboxylic acids is 2. The molecule has 2 aromatic rings. The summed E-state index contributed by atoms with van der Waals surface area (Å²) in [5.74, 6) is -4.57. The summed E-state index contributed by atoms with van der Waals surface area (Å²) in [5.41, 5.74) is 2.54. The molecule has 3 N–H and O–H groups in total. The zero-order valence-corrected chi connectivity index (χ0v) is 20.1. The van der Waals surface area contributed by atoms with Crippen LogP contribution in [-0.2, 0) is 20.9 Å². The molecule has 0 atom stereocenters. The highest BCUT2D eigenvalue weighted by Crippen LogP contribution is 2.21. The molecule has 2 fully saturated rings. The maximum absolute atomic E-state index is 10.6. The first-order chi connectivity index (χ1) is 17.8. The van der Waals surface area contributed by atoms with Crippen molar-refractivity contribution in [3.05, 3.63) is 42.2 Å². The van der Waals surface area contributed by atoms with Gasteiger partial charge in [-0.3, -0.25) is 9.80 Å². The Morgan fingerprint density at radius 1 is 0.974 bits per heavy atom. The Morgan fingerprint density at radius 2 is 1.53 bits per heavy atom. The number of aromatic amines is 1. The van der Waals surface area contributed by atoms with Crippen LogP contribution in [0, 0.1) is 0 Å². The van der Waals surface area contributed by atoms with E-state index >= 15 is 0 Å². The summed E-state index contributed by atoms with van der Waals surface area (Å²) in [7, 11) is 0. The van der Waals surface area contributed by atoms with Crippen LogP contribution in [0.2, 0.25) is 0 Å². The number of likely N-dealkylation sites (tertiary alicyclic amines) is 1. The molecule has 15 heteroatoms. The smallest absolute Gasteiger partial charge is 0.475 e. The lowest BCUT2D eigenvalue weighted by atomic mass is 10.0. The second-order valence-corrected chi connectivity index (χ2v) is 8.40. The van der Waals surface area contributed by atoms with Crippen molar-refractivity contribution in [2.24, 2.45) is 0 Å². The quantitative estimate of drug-likeness (QED) is 0.491. The van der Waals surface area contributed by atoms with Crippen molar-refractivity contribution in [3.63, 3.8) is 0 Å². The Labute approximate surface area is 214 Å². The second kappa shape index (κ2) is 14.1. The van der Waals surface area contributed by atoms with E-state index in [9.17, 15) is 26.3 Å². The van der Waals surface area contributed by atoms with Crippen LogP contribution in [-0.4, -0.2) is 99.7 Å². The van der Waals surface area contributed by atoms with Crippen LogP contribution in [0.3, 0.4) is 0 Å². The minimum atomic E-state index is -5.08. The Balaban J connectivity index is 0.000000301. The number of morpholine rings is 1. The summed E-state index contributed by atoms with van der Waals surface area (Å²) in [6.45, 7) is 7.43. The minimum Gasteiger partial charge on any atom is -0.475 e. The Kier molecular flexibility index (Phi) is 11.5. The number of alkyl halides is 6. The molecule has 2 aliphatic heterocycles. The molecule has 0 aliphatic carbocycles. The maximum Gasteiger partial charge on any atom is 0.490 e. The second-order valence-electron chi connectivity index (χ2n) is 8.40. The largest absolute Gasteiger partial charge is 0.490 e. The average Bonchev–Trinajstić information content (AvgIpc) is 3.40. The van der Waals surface area contributed by atoms with E-state index in [1.54, 1.807) is 6.20 Å². The van der Waals surface area contributed by atoms with Crippen LogP contribution in [0.4, 0.5) is 26.3 Å². The number of ether oxygens (including phenoxy) is 1. The standard InChI is InChI=1S/C19H26N4O.2C2HF3O2/c1-2-16(14-17(3-1)19-20-6-7-21-19)15-22-8-4-18(5-9-22)23-10-12-24-13-11-23;2*3-2(4,5)1(6)7/h1-3,6-7,14,18H,4-5,8-13,15H2,(H,20,21);2*(H,6,7). The van der Waals surface area contributed by atoms with Crippen LogP contribution in [0.1, 0.15) is 18.4 Å². The van der Waals surface area contributed by atoms with Crippen molar-refractivity contribution >= 4 is 11.9 Å². The number of hydrogen-bond donors (Lipinski definition) is 3. The number of carbonyl (C=O) groups is 2. The third kappa shape index (κ3) is 10.7. The number of carboxylic acid groups (broad SMARTS) is 2. The van der Waals surface area contributed by atoms with Gasteiger partial charge in [0.25, 0.3) is 0 Å². The third-order valence-corrected chi connectivity index (χ3v) is 5.71. The highest BCUT2D eigenvalue weighted by molar-refractivity contribution is 5.73. The molecule has 0 unspecified atom stereocenters. The first-order valence-corrected chi connectivity index (χ1v) is 11.5. The van der Waals surface area contributed by atoms with Crippen LogP contribution in [0.5, 0.6) is 0 Å². The van der Waals surface area contributed by atoms with Crippen molar-refractivity contribution in [2.45, 2.75) is 37.8 Å². The maximum atomic E-state index is 10.6. The summed E-state index contributed by atoms with van der Waals surface area (Å²) >= 11 is 0. The van der Waals surface area contributed by atoms with Gasteiger partial charge in [0.15, 0.2) is 0 Å². The fourth-order valence-electron chi connectivity index (χ4n) is 3.88. The number of benzene rings is 1. The molecule has 0 bridgehead atoms. The monoisotopic (exact) mass is 554 g/mol. The van der Waals surface area contributed by atoms with E-state index in [4.69, 9.17) is 24.5 Å². The lowest BCUT2D eigenvalue weighted by Crippen LogP contribution is -2.48. The first-order valence-electron chi connectivity index (χ1n) is 11.5. The van der Waals surface area contributed by atoms with Gasteiger partial charge in [0.05, 0.1) is 13.2 Å². The third-order valence-electron chi connectivity index (χ3n) is 5.71. The van der Waals surface area contributed by atoms with Gasteiger partial charge in [-0.05, 0) is 37.6 Å². The number of nitrogens with zero attached hydrogens (tertiary/aromatic N) is 3. The minimum absolute atomic E-state index is 0.750. The lowest BCUT2D eigenvalue weighted by Gasteiger charge is -2.40. The molecule has 3 heterocycles. The first kappa shape index (κ1) is 31.1. The van der Waals surface area contributed by atoms with E-state index in [1.807, 2.05) is 6.20 Å². The zero-order chi connectivity index (χ0) is 28.3. The van der Waals surface area contributed by atoms with E-state index in [2.05, 4.69) is 44.0 Å². The van der Waals surface area contributed by atoms with Crippen molar-refractivity contribution in [1.82, 2.24) is 19.8 Å². The van der Waals surface area contributed by atoms with Gasteiger partial charge in [-0.15, -0.1) is 0 Å². The molecule has 2 aliphatic rings. The molecule has 0 radical (unpaired) electrons.